The number of ether oxygens (including phenoxy) is 1. The summed E-state index contributed by atoms with van der Waals surface area (Å²) in [5.74, 6) is 0.952. The number of nitrogens with one attached hydrogen (secondary N) is 1. The maximum absolute atomic E-state index is 5.45. The third-order valence-corrected chi connectivity index (χ3v) is 3.70. The van der Waals surface area contributed by atoms with E-state index >= 15 is 0 Å². The van der Waals surface area contributed by atoms with Gasteiger partial charge in [0, 0.05) is 24.8 Å². The van der Waals surface area contributed by atoms with E-state index in [1.807, 2.05) is 24.0 Å². The Morgan fingerprint density at radius 3 is 2.86 bits per heavy atom. The fourth-order valence-corrected chi connectivity index (χ4v) is 2.51. The van der Waals surface area contributed by atoms with Crippen LogP contribution in [-0.4, -0.2) is 23.4 Å². The largest absolute Gasteiger partial charge is 0.496 e. The van der Waals surface area contributed by atoms with E-state index in [1.165, 1.54) is 16.7 Å². The zero-order valence-corrected chi connectivity index (χ0v) is 13.4. The van der Waals surface area contributed by atoms with Gasteiger partial charge in [0.15, 0.2) is 0 Å². The Kier molecular flexibility index (Phi) is 5.39. The minimum Gasteiger partial charge on any atom is -0.496 e. The van der Waals surface area contributed by atoms with E-state index in [0.717, 1.165) is 25.1 Å². The molecule has 4 heteroatoms. The molecule has 0 aliphatic heterocycles. The maximum Gasteiger partial charge on any atom is 0.123 e. The first kappa shape index (κ1) is 15.6. The smallest absolute Gasteiger partial charge is 0.123 e. The van der Waals surface area contributed by atoms with Crippen molar-refractivity contribution in [2.24, 2.45) is 7.05 Å². The summed E-state index contributed by atoms with van der Waals surface area (Å²) in [6, 6.07) is 6.60. The molecule has 2 rings (SSSR count). The van der Waals surface area contributed by atoms with Gasteiger partial charge >= 0.3 is 0 Å². The highest BCUT2D eigenvalue weighted by Crippen LogP contribution is 2.25. The quantitative estimate of drug-likeness (QED) is 0.796. The molecule has 21 heavy (non-hydrogen) atoms. The minimum atomic E-state index is 0.286. The van der Waals surface area contributed by atoms with Crippen molar-refractivity contribution < 1.29 is 4.74 Å². The lowest BCUT2D eigenvalue weighted by Gasteiger charge is -2.18. The number of benzene rings is 1. The van der Waals surface area contributed by atoms with E-state index in [1.54, 1.807) is 7.11 Å². The molecule has 0 aliphatic rings. The average molecular weight is 287 g/mol. The molecule has 0 radical (unpaired) electrons. The van der Waals surface area contributed by atoms with Crippen LogP contribution in [0.5, 0.6) is 5.75 Å². The second-order valence-electron chi connectivity index (χ2n) is 5.55. The van der Waals surface area contributed by atoms with Gasteiger partial charge < -0.3 is 10.1 Å². The zero-order chi connectivity index (χ0) is 15.2. The molecule has 1 N–H and O–H groups in total. The number of rotatable bonds is 7. The highest BCUT2D eigenvalue weighted by molar-refractivity contribution is 5.38. The summed E-state index contributed by atoms with van der Waals surface area (Å²) < 4.78 is 7.30. The summed E-state index contributed by atoms with van der Waals surface area (Å²) in [5.41, 5.74) is 3.77. The predicted octanol–water partition coefficient (Wildman–Crippen LogP) is 3.02. The molecular weight excluding hydrogens is 262 g/mol. The standard InChI is InChI=1S/C17H25N3O/c1-13-7-8-17(21-4)16(10-13)14(2)18-9-5-6-15-11-19-20(3)12-15/h7-8,10-12,14,18H,5-6,9H2,1-4H3. The predicted molar refractivity (Wildman–Crippen MR) is 85.7 cm³/mol. The lowest BCUT2D eigenvalue weighted by molar-refractivity contribution is 0.401. The van der Waals surface area contributed by atoms with E-state index in [2.05, 4.69) is 42.6 Å². The van der Waals surface area contributed by atoms with Crippen molar-refractivity contribution in [3.05, 3.63) is 47.3 Å². The van der Waals surface area contributed by atoms with Crippen LogP contribution < -0.4 is 10.1 Å². The molecule has 0 fully saturated rings. The van der Waals surface area contributed by atoms with E-state index in [4.69, 9.17) is 4.74 Å². The van der Waals surface area contributed by atoms with Crippen molar-refractivity contribution in [2.75, 3.05) is 13.7 Å². The van der Waals surface area contributed by atoms with Crippen LogP contribution >= 0.6 is 0 Å². The maximum atomic E-state index is 5.45. The first-order valence-corrected chi connectivity index (χ1v) is 7.45. The molecule has 0 bridgehead atoms. The lowest BCUT2D eigenvalue weighted by atomic mass is 10.0. The van der Waals surface area contributed by atoms with Gasteiger partial charge in [-0.15, -0.1) is 0 Å². The molecular formula is C17H25N3O. The molecule has 0 aliphatic carbocycles. The van der Waals surface area contributed by atoms with E-state index < -0.39 is 0 Å². The van der Waals surface area contributed by atoms with Gasteiger partial charge in [-0.25, -0.2) is 0 Å². The van der Waals surface area contributed by atoms with Crippen LogP contribution in [0.15, 0.2) is 30.6 Å². The van der Waals surface area contributed by atoms with Gasteiger partial charge in [-0.2, -0.15) is 5.10 Å². The first-order valence-electron chi connectivity index (χ1n) is 7.45. The summed E-state index contributed by atoms with van der Waals surface area (Å²) in [4.78, 5) is 0. The summed E-state index contributed by atoms with van der Waals surface area (Å²) >= 11 is 0. The van der Waals surface area contributed by atoms with Crippen molar-refractivity contribution >= 4 is 0 Å². The minimum absolute atomic E-state index is 0.286. The lowest BCUT2D eigenvalue weighted by Crippen LogP contribution is -2.21. The summed E-state index contributed by atoms with van der Waals surface area (Å²) in [5, 5.41) is 7.76. The third-order valence-electron chi connectivity index (χ3n) is 3.70. The van der Waals surface area contributed by atoms with Crippen LogP contribution in [-0.2, 0) is 13.5 Å². The highest BCUT2D eigenvalue weighted by atomic mass is 16.5. The van der Waals surface area contributed by atoms with Gasteiger partial charge in [0.25, 0.3) is 0 Å². The Morgan fingerprint density at radius 2 is 2.19 bits per heavy atom. The van der Waals surface area contributed by atoms with Crippen molar-refractivity contribution in [1.29, 1.82) is 0 Å². The topological polar surface area (TPSA) is 39.1 Å². The Labute approximate surface area is 127 Å². The van der Waals surface area contributed by atoms with Crippen LogP contribution in [0.2, 0.25) is 0 Å². The van der Waals surface area contributed by atoms with Crippen LogP contribution in [0, 0.1) is 6.92 Å². The van der Waals surface area contributed by atoms with Gasteiger partial charge in [-0.05, 0) is 44.9 Å². The average Bonchev–Trinajstić information content (AvgIpc) is 2.89. The Hall–Kier alpha value is -1.81. The van der Waals surface area contributed by atoms with Gasteiger partial charge in [-0.3, -0.25) is 4.68 Å². The number of nitrogens with zero attached hydrogens (tertiary/aromatic N) is 2. The Morgan fingerprint density at radius 1 is 1.38 bits per heavy atom. The summed E-state index contributed by atoms with van der Waals surface area (Å²) in [6.07, 6.45) is 6.17. The molecule has 0 saturated heterocycles. The fourth-order valence-electron chi connectivity index (χ4n) is 2.51. The molecule has 1 heterocycles. The summed E-state index contributed by atoms with van der Waals surface area (Å²) in [7, 11) is 3.68. The monoisotopic (exact) mass is 287 g/mol. The number of methoxy groups -OCH3 is 1. The zero-order valence-electron chi connectivity index (χ0n) is 13.4. The van der Waals surface area contributed by atoms with Crippen molar-refractivity contribution in [2.45, 2.75) is 32.7 Å². The van der Waals surface area contributed by atoms with E-state index in [-0.39, 0.29) is 6.04 Å². The van der Waals surface area contributed by atoms with E-state index in [0.29, 0.717) is 0 Å². The number of hydrogen-bond donors (Lipinski definition) is 1. The Bertz CT molecular complexity index is 577. The van der Waals surface area contributed by atoms with Gasteiger partial charge in [0.05, 0.1) is 13.3 Å². The second-order valence-corrected chi connectivity index (χ2v) is 5.55. The van der Waals surface area contributed by atoms with Gasteiger partial charge in [-0.1, -0.05) is 17.7 Å². The van der Waals surface area contributed by atoms with Crippen LogP contribution in [0.4, 0.5) is 0 Å². The molecule has 0 spiro atoms. The molecule has 0 saturated carbocycles. The fraction of sp³-hybridized carbons (Fsp3) is 0.471. The van der Waals surface area contributed by atoms with Crippen molar-refractivity contribution in [1.82, 2.24) is 15.1 Å². The van der Waals surface area contributed by atoms with Gasteiger partial charge in [0.1, 0.15) is 5.75 Å². The molecule has 1 atom stereocenters. The number of aryl methyl sites for hydroxylation is 3. The molecule has 1 aromatic carbocycles. The van der Waals surface area contributed by atoms with Crippen molar-refractivity contribution in [3.63, 3.8) is 0 Å². The molecule has 114 valence electrons. The van der Waals surface area contributed by atoms with Gasteiger partial charge in [0.2, 0.25) is 0 Å². The normalized spacial score (nSPS) is 12.4. The molecule has 1 aromatic heterocycles. The van der Waals surface area contributed by atoms with Crippen LogP contribution in [0.25, 0.3) is 0 Å². The SMILES string of the molecule is COc1ccc(C)cc1C(C)NCCCc1cnn(C)c1. The van der Waals surface area contributed by atoms with Crippen LogP contribution in [0.3, 0.4) is 0 Å². The first-order chi connectivity index (χ1) is 10.1. The van der Waals surface area contributed by atoms with Crippen molar-refractivity contribution in [3.8, 4) is 5.75 Å². The highest BCUT2D eigenvalue weighted by Gasteiger charge is 2.10. The Balaban J connectivity index is 1.84. The molecule has 1 unspecified atom stereocenters. The third kappa shape index (κ3) is 4.33. The second kappa shape index (κ2) is 7.27. The molecule has 4 nitrogen and oxygen atoms in total. The summed E-state index contributed by atoms with van der Waals surface area (Å²) in [6.45, 7) is 5.27. The molecule has 0 amide bonds. The number of aromatic nitrogens is 2. The van der Waals surface area contributed by atoms with Crippen LogP contribution in [0.1, 0.15) is 36.1 Å². The number of hydrogen-bond acceptors (Lipinski definition) is 3. The molecule has 2 aromatic rings. The van der Waals surface area contributed by atoms with E-state index in [9.17, 15) is 0 Å².